The number of hydrogen-bond acceptors (Lipinski definition) is 5. The minimum absolute atomic E-state index is 0.199. The van der Waals surface area contributed by atoms with Crippen LogP contribution in [0.4, 0.5) is 0 Å². The molecule has 2 aliphatic heterocycles. The highest BCUT2D eigenvalue weighted by molar-refractivity contribution is 7.07. The number of carbonyl (C=O) groups excluding carboxylic acids is 1. The number of amides is 1. The van der Waals surface area contributed by atoms with Crippen molar-refractivity contribution < 1.29 is 4.79 Å². The first-order valence-electron chi connectivity index (χ1n) is 10.4. The Hall–Kier alpha value is -2.31. The third kappa shape index (κ3) is 3.15. The Kier molecular flexibility index (Phi) is 4.84. The summed E-state index contributed by atoms with van der Waals surface area (Å²) in [6.07, 6.45) is 5.98. The van der Waals surface area contributed by atoms with Crippen molar-refractivity contribution in [2.24, 2.45) is 5.41 Å². The van der Waals surface area contributed by atoms with E-state index in [9.17, 15) is 4.79 Å². The zero-order chi connectivity index (χ0) is 19.8. The number of thiazole rings is 1. The van der Waals surface area contributed by atoms with Gasteiger partial charge in [0.15, 0.2) is 0 Å². The molecule has 0 aliphatic carbocycles. The molecular weight excluding hydrogens is 380 g/mol. The van der Waals surface area contributed by atoms with Gasteiger partial charge in [-0.05, 0) is 43.4 Å². The van der Waals surface area contributed by atoms with E-state index in [-0.39, 0.29) is 11.3 Å². The quantitative estimate of drug-likeness (QED) is 0.668. The van der Waals surface area contributed by atoms with Crippen LogP contribution >= 0.6 is 11.3 Å². The summed E-state index contributed by atoms with van der Waals surface area (Å²) in [5.41, 5.74) is 4.82. The van der Waals surface area contributed by atoms with Crippen LogP contribution in [0.25, 0.3) is 10.9 Å². The summed E-state index contributed by atoms with van der Waals surface area (Å²) in [7, 11) is 0. The van der Waals surface area contributed by atoms with E-state index in [1.807, 2.05) is 23.2 Å². The molecule has 6 heteroatoms. The molecule has 2 saturated heterocycles. The van der Waals surface area contributed by atoms with E-state index in [0.29, 0.717) is 18.6 Å². The second kappa shape index (κ2) is 7.50. The van der Waals surface area contributed by atoms with Crippen LogP contribution in [0.5, 0.6) is 0 Å². The molecule has 0 unspecified atom stereocenters. The Labute approximate surface area is 175 Å². The smallest absolute Gasteiger partial charge is 0.228 e. The molecule has 2 bridgehead atoms. The van der Waals surface area contributed by atoms with Crippen LogP contribution in [0.3, 0.4) is 0 Å². The number of nitrogens with one attached hydrogen (secondary N) is 1. The van der Waals surface area contributed by atoms with Crippen molar-refractivity contribution in [3.63, 3.8) is 0 Å². The summed E-state index contributed by atoms with van der Waals surface area (Å²) >= 11 is 1.57. The predicted molar refractivity (Wildman–Crippen MR) is 115 cm³/mol. The predicted octanol–water partition coefficient (Wildman–Crippen LogP) is 4.14. The molecule has 29 heavy (non-hydrogen) atoms. The highest BCUT2D eigenvalue weighted by Gasteiger charge is 2.58. The molecule has 150 valence electrons. The third-order valence-electron chi connectivity index (χ3n) is 6.97. The number of hydrogen-bond donors (Lipinski definition) is 1. The van der Waals surface area contributed by atoms with Gasteiger partial charge >= 0.3 is 0 Å². The first-order valence-corrected chi connectivity index (χ1v) is 11.4. The van der Waals surface area contributed by atoms with E-state index >= 15 is 0 Å². The van der Waals surface area contributed by atoms with Crippen LogP contribution in [-0.2, 0) is 17.9 Å². The molecule has 5 rings (SSSR count). The maximum atomic E-state index is 13.3. The van der Waals surface area contributed by atoms with Crippen molar-refractivity contribution in [2.75, 3.05) is 0 Å². The number of fused-ring (bicyclic) bond motifs is 3. The first-order chi connectivity index (χ1) is 14.2. The van der Waals surface area contributed by atoms with Gasteiger partial charge in [0.2, 0.25) is 5.91 Å². The molecule has 1 N–H and O–H groups in total. The molecule has 5 nitrogen and oxygen atoms in total. The summed E-state index contributed by atoms with van der Waals surface area (Å²) in [5, 5.41) is 6.41. The molecule has 3 aromatic rings. The van der Waals surface area contributed by atoms with Gasteiger partial charge in [0.1, 0.15) is 0 Å². The zero-order valence-electron chi connectivity index (χ0n) is 16.7. The van der Waals surface area contributed by atoms with Crippen LogP contribution in [-0.4, -0.2) is 32.9 Å². The lowest BCUT2D eigenvalue weighted by molar-refractivity contribution is -0.133. The Bertz CT molecular complexity index is 1020. The summed E-state index contributed by atoms with van der Waals surface area (Å²) in [6, 6.07) is 11.3. The van der Waals surface area contributed by atoms with E-state index in [0.717, 1.165) is 37.0 Å². The molecule has 1 aromatic carbocycles. The van der Waals surface area contributed by atoms with E-state index in [1.54, 1.807) is 11.3 Å². The topological polar surface area (TPSA) is 58.1 Å². The SMILES string of the molecule is CC[C@]1(C(=O)NCc2cscn2)C[C@H]2CC[C@@H]1N2Cc1cccc2ncccc12. The zero-order valence-corrected chi connectivity index (χ0v) is 17.5. The molecule has 0 saturated carbocycles. The van der Waals surface area contributed by atoms with E-state index in [4.69, 9.17) is 0 Å². The van der Waals surface area contributed by atoms with E-state index in [2.05, 4.69) is 51.4 Å². The van der Waals surface area contributed by atoms with Gasteiger partial charge in [0, 0.05) is 35.6 Å². The molecule has 4 heterocycles. The molecule has 2 aromatic heterocycles. The second-order valence-corrected chi connectivity index (χ2v) is 9.00. The van der Waals surface area contributed by atoms with Gasteiger partial charge < -0.3 is 5.32 Å². The Morgan fingerprint density at radius 2 is 2.21 bits per heavy atom. The van der Waals surface area contributed by atoms with Crippen molar-refractivity contribution in [3.05, 3.63) is 58.7 Å². The summed E-state index contributed by atoms with van der Waals surface area (Å²) in [4.78, 5) is 24.7. The molecule has 0 spiro atoms. The van der Waals surface area contributed by atoms with Gasteiger partial charge in [0.05, 0.1) is 28.7 Å². The van der Waals surface area contributed by atoms with Crippen LogP contribution in [0.1, 0.15) is 43.9 Å². The van der Waals surface area contributed by atoms with Crippen LogP contribution in [0, 0.1) is 5.41 Å². The Morgan fingerprint density at radius 3 is 3.03 bits per heavy atom. The Balaban J connectivity index is 1.38. The lowest BCUT2D eigenvalue weighted by Gasteiger charge is -2.35. The van der Waals surface area contributed by atoms with Crippen molar-refractivity contribution in [1.29, 1.82) is 0 Å². The van der Waals surface area contributed by atoms with Gasteiger partial charge in [-0.15, -0.1) is 11.3 Å². The molecule has 3 atom stereocenters. The highest BCUT2D eigenvalue weighted by atomic mass is 32.1. The van der Waals surface area contributed by atoms with Crippen molar-refractivity contribution in [1.82, 2.24) is 20.2 Å². The minimum atomic E-state index is -0.290. The molecular formula is C23H26N4OS. The fourth-order valence-corrected chi connectivity index (χ4v) is 6.06. The summed E-state index contributed by atoms with van der Waals surface area (Å²) < 4.78 is 0. The van der Waals surface area contributed by atoms with Crippen LogP contribution in [0.2, 0.25) is 0 Å². The molecule has 2 aliphatic rings. The largest absolute Gasteiger partial charge is 0.350 e. The van der Waals surface area contributed by atoms with Gasteiger partial charge in [-0.25, -0.2) is 4.98 Å². The van der Waals surface area contributed by atoms with E-state index < -0.39 is 0 Å². The molecule has 0 radical (unpaired) electrons. The van der Waals surface area contributed by atoms with Gasteiger partial charge in [0.25, 0.3) is 0 Å². The lowest BCUT2D eigenvalue weighted by Crippen LogP contribution is -2.48. The van der Waals surface area contributed by atoms with Gasteiger partial charge in [-0.1, -0.05) is 25.1 Å². The second-order valence-electron chi connectivity index (χ2n) is 8.28. The van der Waals surface area contributed by atoms with Crippen molar-refractivity contribution in [2.45, 2.75) is 57.8 Å². The maximum absolute atomic E-state index is 13.3. The number of nitrogens with zero attached hydrogens (tertiary/aromatic N) is 3. The van der Waals surface area contributed by atoms with Crippen molar-refractivity contribution >= 4 is 28.1 Å². The highest BCUT2D eigenvalue weighted by Crippen LogP contribution is 2.52. The standard InChI is InChI=1S/C23H26N4OS/c1-2-23(22(28)25-12-17-14-29-15-26-17)11-18-8-9-21(23)27(18)13-16-5-3-7-20-19(16)6-4-10-24-20/h3-7,10,14-15,18,21H,2,8-9,11-13H2,1H3,(H,25,28)/t18-,21+,23+/m1/s1. The van der Waals surface area contributed by atoms with Crippen molar-refractivity contribution in [3.8, 4) is 0 Å². The third-order valence-corrected chi connectivity index (χ3v) is 7.60. The van der Waals surface area contributed by atoms with Crippen LogP contribution < -0.4 is 5.32 Å². The fourth-order valence-electron chi connectivity index (χ4n) is 5.50. The first kappa shape index (κ1) is 18.7. The average Bonchev–Trinajstić information content (AvgIpc) is 3.48. The number of carbonyl (C=O) groups is 1. The average molecular weight is 407 g/mol. The van der Waals surface area contributed by atoms with Gasteiger partial charge in [-0.3, -0.25) is 14.7 Å². The Morgan fingerprint density at radius 1 is 1.28 bits per heavy atom. The normalized spacial score (nSPS) is 26.2. The maximum Gasteiger partial charge on any atom is 0.228 e. The van der Waals surface area contributed by atoms with E-state index in [1.165, 1.54) is 17.4 Å². The summed E-state index contributed by atoms with van der Waals surface area (Å²) in [5.74, 6) is 0.199. The molecule has 2 fully saturated rings. The lowest BCUT2D eigenvalue weighted by atomic mass is 9.71. The number of rotatable bonds is 6. The van der Waals surface area contributed by atoms with Gasteiger partial charge in [-0.2, -0.15) is 0 Å². The summed E-state index contributed by atoms with van der Waals surface area (Å²) in [6.45, 7) is 3.58. The van der Waals surface area contributed by atoms with Crippen LogP contribution in [0.15, 0.2) is 47.4 Å². The fraction of sp³-hybridized carbons (Fsp3) is 0.435. The monoisotopic (exact) mass is 406 g/mol. The minimum Gasteiger partial charge on any atom is -0.350 e. The number of benzene rings is 1. The number of pyridine rings is 1. The molecule has 1 amide bonds. The number of aromatic nitrogens is 2.